The van der Waals surface area contributed by atoms with Gasteiger partial charge in [-0.25, -0.2) is 39.5 Å². The molecule has 0 radical (unpaired) electrons. The lowest BCUT2D eigenvalue weighted by Crippen LogP contribution is -2.44. The average Bonchev–Trinajstić information content (AvgIpc) is 3.43. The van der Waals surface area contributed by atoms with Crippen molar-refractivity contribution in [3.05, 3.63) is 132 Å². The molecule has 0 aliphatic carbocycles. The lowest BCUT2D eigenvalue weighted by Gasteiger charge is -2.24. The number of carboxylic acids is 1. The Bertz CT molecular complexity index is 3330. The summed E-state index contributed by atoms with van der Waals surface area (Å²) in [5.74, 6) is -0.872. The molecule has 404 valence electrons. The number of nitrogen functional groups attached to an aromatic ring is 4. The molecule has 0 saturated heterocycles. The Labute approximate surface area is 463 Å². The third-order valence-corrected chi connectivity index (χ3v) is 15.0. The topological polar surface area (TPSA) is 379 Å². The average molecular weight is 1130 g/mol. The number of nitrogens with one attached hydrogen (secondary N) is 4. The number of ether oxygens (including phenoxy) is 1. The minimum atomic E-state index is -1.08. The van der Waals surface area contributed by atoms with Gasteiger partial charge in [0.25, 0.3) is 11.8 Å². The van der Waals surface area contributed by atoms with E-state index in [0.29, 0.717) is 75.9 Å². The SMILES string of the molecule is CC(C)(C)OC(=O)C(CCSSc1ccccn1)NC(=O)c1ccc(NCc2cnc3nc(N)nc(N)c3n2)cc1.Nc1nc(N)c2nc(CNc3ccc(C(=O)NC(CCSSc4ccccn4)C(=O)O)cc3)cnc2n1. The van der Waals surface area contributed by atoms with Crippen molar-refractivity contribution in [2.24, 2.45) is 0 Å². The summed E-state index contributed by atoms with van der Waals surface area (Å²) in [6.45, 7) is 6.08. The van der Waals surface area contributed by atoms with Gasteiger partial charge in [0.2, 0.25) is 11.9 Å². The Kier molecular flexibility index (Phi) is 20.3. The number of fused-ring (bicyclic) bond motifs is 2. The van der Waals surface area contributed by atoms with Crippen LogP contribution < -0.4 is 44.2 Å². The number of nitrogens with zero attached hydrogens (tertiary/aromatic N) is 10. The highest BCUT2D eigenvalue weighted by atomic mass is 33.1. The molecule has 0 aliphatic heterocycles. The molecule has 2 atom stereocenters. The van der Waals surface area contributed by atoms with E-state index >= 15 is 0 Å². The van der Waals surface area contributed by atoms with Gasteiger partial charge in [0.1, 0.15) is 27.7 Å². The molecule has 28 heteroatoms. The van der Waals surface area contributed by atoms with Crippen LogP contribution in [0.15, 0.2) is 120 Å². The second-order valence-electron chi connectivity index (χ2n) is 17.5. The van der Waals surface area contributed by atoms with Crippen LogP contribution in [0.1, 0.15) is 65.7 Å². The number of aromatic nitrogens is 10. The number of benzene rings is 2. The maximum atomic E-state index is 13.0. The van der Waals surface area contributed by atoms with E-state index in [-0.39, 0.29) is 35.9 Å². The molecule has 0 spiro atoms. The summed E-state index contributed by atoms with van der Waals surface area (Å²) in [5.41, 5.74) is 27.1. The Balaban J connectivity index is 0.000000227. The van der Waals surface area contributed by atoms with Gasteiger partial charge in [-0.2, -0.15) is 19.9 Å². The molecule has 2 aromatic carbocycles. The number of anilines is 6. The second-order valence-corrected chi connectivity index (χ2v) is 22.4. The number of esters is 1. The minimum Gasteiger partial charge on any atom is -0.480 e. The third-order valence-electron chi connectivity index (χ3n) is 10.4. The molecule has 13 N–H and O–H groups in total. The molecular weight excluding hydrogens is 1080 g/mol. The first kappa shape index (κ1) is 57.4. The van der Waals surface area contributed by atoms with Gasteiger partial charge in [-0.3, -0.25) is 9.59 Å². The van der Waals surface area contributed by atoms with E-state index in [1.165, 1.54) is 32.4 Å². The van der Waals surface area contributed by atoms with Gasteiger partial charge in [-0.15, -0.1) is 0 Å². The number of aliphatic carboxylic acids is 1. The molecule has 2 unspecified atom stereocenters. The van der Waals surface area contributed by atoms with Crippen LogP contribution in [0.4, 0.5) is 34.9 Å². The molecular formula is C50H54N18O6S4. The fourth-order valence-corrected chi connectivity index (χ4v) is 10.6. The minimum absolute atomic E-state index is 0.0301. The van der Waals surface area contributed by atoms with Crippen LogP contribution in [0.3, 0.4) is 0 Å². The van der Waals surface area contributed by atoms with Crippen molar-refractivity contribution >= 4 is 124 Å². The van der Waals surface area contributed by atoms with Crippen molar-refractivity contribution in [1.82, 2.24) is 60.5 Å². The van der Waals surface area contributed by atoms with E-state index in [1.54, 1.807) is 105 Å². The smallest absolute Gasteiger partial charge is 0.329 e. The van der Waals surface area contributed by atoms with Gasteiger partial charge in [-0.1, -0.05) is 33.7 Å². The molecule has 6 heterocycles. The van der Waals surface area contributed by atoms with E-state index in [9.17, 15) is 24.3 Å². The van der Waals surface area contributed by atoms with Crippen molar-refractivity contribution < 1.29 is 29.0 Å². The molecule has 8 rings (SSSR count). The highest BCUT2D eigenvalue weighted by molar-refractivity contribution is 8.77. The number of carboxylic acid groups (broad SMARTS) is 1. The zero-order chi connectivity index (χ0) is 55.6. The van der Waals surface area contributed by atoms with Gasteiger partial charge in [0.15, 0.2) is 34.0 Å². The number of carbonyl (C=O) groups excluding carboxylic acids is 3. The second kappa shape index (κ2) is 27.6. The van der Waals surface area contributed by atoms with Crippen molar-refractivity contribution in [3.63, 3.8) is 0 Å². The molecule has 6 aromatic heterocycles. The molecule has 0 aliphatic rings. The zero-order valence-corrected chi connectivity index (χ0v) is 45.5. The number of nitrogens with two attached hydrogens (primary N) is 4. The number of pyridine rings is 2. The summed E-state index contributed by atoms with van der Waals surface area (Å²) in [4.78, 5) is 91.8. The number of hydrogen-bond acceptors (Lipinski definition) is 25. The van der Waals surface area contributed by atoms with Gasteiger partial charge in [-0.05, 0) is 128 Å². The normalized spacial score (nSPS) is 11.9. The third kappa shape index (κ3) is 17.6. The van der Waals surface area contributed by atoms with Gasteiger partial charge >= 0.3 is 11.9 Å². The van der Waals surface area contributed by atoms with Crippen LogP contribution in [0.2, 0.25) is 0 Å². The quantitative estimate of drug-likeness (QED) is 0.0199. The molecule has 8 aromatic rings. The van der Waals surface area contributed by atoms with E-state index in [4.69, 9.17) is 27.7 Å². The van der Waals surface area contributed by atoms with Gasteiger partial charge < -0.3 is 54.0 Å². The summed E-state index contributed by atoms with van der Waals surface area (Å²) in [7, 11) is 6.02. The zero-order valence-electron chi connectivity index (χ0n) is 42.2. The summed E-state index contributed by atoms with van der Waals surface area (Å²) in [6.07, 6.45) is 7.24. The number of carbonyl (C=O) groups is 4. The van der Waals surface area contributed by atoms with E-state index in [2.05, 4.69) is 71.1 Å². The van der Waals surface area contributed by atoms with Crippen molar-refractivity contribution in [2.75, 3.05) is 45.1 Å². The first-order valence-corrected chi connectivity index (χ1v) is 28.4. The van der Waals surface area contributed by atoms with E-state index in [0.717, 1.165) is 21.4 Å². The van der Waals surface area contributed by atoms with Crippen LogP contribution in [-0.2, 0) is 27.4 Å². The molecule has 78 heavy (non-hydrogen) atoms. The van der Waals surface area contributed by atoms with Crippen LogP contribution >= 0.6 is 43.2 Å². The van der Waals surface area contributed by atoms with Gasteiger partial charge in [0, 0.05) is 46.4 Å². The monoisotopic (exact) mass is 1130 g/mol. The molecule has 0 bridgehead atoms. The summed E-state index contributed by atoms with van der Waals surface area (Å²) in [6, 6.07) is 23.0. The predicted molar refractivity (Wildman–Crippen MR) is 306 cm³/mol. The fourth-order valence-electron chi connectivity index (χ4n) is 6.69. The number of amides is 2. The highest BCUT2D eigenvalue weighted by Gasteiger charge is 2.27. The largest absolute Gasteiger partial charge is 0.480 e. The standard InChI is InChI=1S/C27H31N9O3S2.C23H23N9O3S2/c1-27(2,3)39-25(38)19(11-13-40-41-20-6-4-5-12-30-20)34-24(37)16-7-9-17(10-8-16)31-14-18-15-32-23-21(33-18)22(28)35-26(29)36-23;24-19-18-20(32-23(25)31-19)28-12-15(29-18)11-27-14-6-4-13(5-7-14)21(33)30-16(22(34)35)8-10-36-37-17-3-1-2-9-26-17/h4-10,12,15,19,31H,11,13-14H2,1-3H3,(H,34,37)(H4,28,29,32,35,36);1-7,9,12,16,27H,8,10-11H2,(H,30,33)(H,34,35)(H4,24,25,28,31,32). The Hall–Kier alpha value is -8.34. The summed E-state index contributed by atoms with van der Waals surface area (Å²) < 4.78 is 5.56. The van der Waals surface area contributed by atoms with E-state index in [1.807, 2.05) is 36.4 Å². The Morgan fingerprint density at radius 2 is 1.01 bits per heavy atom. The maximum absolute atomic E-state index is 13.0. The van der Waals surface area contributed by atoms with Crippen LogP contribution in [0.25, 0.3) is 22.3 Å². The summed E-state index contributed by atoms with van der Waals surface area (Å²) >= 11 is 0. The predicted octanol–water partition coefficient (Wildman–Crippen LogP) is 6.47. The maximum Gasteiger partial charge on any atom is 0.329 e. The van der Waals surface area contributed by atoms with E-state index < -0.39 is 35.5 Å². The Morgan fingerprint density at radius 1 is 0.577 bits per heavy atom. The lowest BCUT2D eigenvalue weighted by atomic mass is 10.1. The lowest BCUT2D eigenvalue weighted by molar-refractivity contribution is -0.157. The van der Waals surface area contributed by atoms with Crippen molar-refractivity contribution in [2.45, 2.75) is 74.4 Å². The van der Waals surface area contributed by atoms with Crippen molar-refractivity contribution in [3.8, 4) is 0 Å². The molecule has 2 amide bonds. The van der Waals surface area contributed by atoms with Crippen LogP contribution in [0.5, 0.6) is 0 Å². The first-order valence-electron chi connectivity index (χ1n) is 23.7. The number of rotatable bonds is 22. The van der Waals surface area contributed by atoms with Gasteiger partial charge in [0.05, 0.1) is 36.9 Å². The highest BCUT2D eigenvalue weighted by Crippen LogP contribution is 2.31. The van der Waals surface area contributed by atoms with Crippen molar-refractivity contribution in [1.29, 1.82) is 0 Å². The first-order chi connectivity index (χ1) is 37.5. The molecule has 0 saturated carbocycles. The molecule has 0 fully saturated rings. The molecule has 24 nitrogen and oxygen atoms in total. The van der Waals surface area contributed by atoms with Crippen LogP contribution in [-0.4, -0.2) is 108 Å². The Morgan fingerprint density at radius 3 is 1.42 bits per heavy atom. The number of hydrogen-bond donors (Lipinski definition) is 9. The fraction of sp³-hybridized carbons (Fsp3) is 0.240. The van der Waals surface area contributed by atoms with Crippen LogP contribution in [0, 0.1) is 0 Å². The summed E-state index contributed by atoms with van der Waals surface area (Å²) in [5, 5.41) is 23.1.